The van der Waals surface area contributed by atoms with E-state index in [1.807, 2.05) is 18.2 Å². The molecule has 0 unspecified atom stereocenters. The van der Waals surface area contributed by atoms with Crippen LogP contribution in [-0.2, 0) is 0 Å². The molecule has 0 fully saturated rings. The minimum atomic E-state index is -0.273. The van der Waals surface area contributed by atoms with Gasteiger partial charge in [-0.1, -0.05) is 18.2 Å². The summed E-state index contributed by atoms with van der Waals surface area (Å²) >= 11 is 3.18. The van der Waals surface area contributed by atoms with Crippen LogP contribution in [0.5, 0.6) is 11.5 Å². The Morgan fingerprint density at radius 1 is 1.26 bits per heavy atom. The number of hydrogen-bond donors (Lipinski definition) is 2. The molecule has 2 rings (SSSR count). The van der Waals surface area contributed by atoms with Crippen LogP contribution in [0.2, 0.25) is 0 Å². The summed E-state index contributed by atoms with van der Waals surface area (Å²) in [5, 5.41) is 12.4. The van der Waals surface area contributed by atoms with Gasteiger partial charge in [0.15, 0.2) is 11.5 Å². The van der Waals surface area contributed by atoms with Crippen LogP contribution in [-0.4, -0.2) is 18.1 Å². The van der Waals surface area contributed by atoms with Crippen molar-refractivity contribution in [1.82, 2.24) is 0 Å². The van der Waals surface area contributed by atoms with E-state index in [0.717, 1.165) is 0 Å². The molecule has 0 saturated heterocycles. The number of methoxy groups -OCH3 is 1. The van der Waals surface area contributed by atoms with Gasteiger partial charge in [-0.2, -0.15) is 0 Å². The molecule has 1 amide bonds. The van der Waals surface area contributed by atoms with E-state index in [1.54, 1.807) is 12.1 Å². The summed E-state index contributed by atoms with van der Waals surface area (Å²) < 4.78 is 5.41. The number of ether oxygens (including phenoxy) is 1. The number of nitrogens with one attached hydrogen (secondary N) is 1. The topological polar surface area (TPSA) is 58.6 Å². The SMILES string of the molecule is COc1cc(C(=O)Nc2ccccc2)cc(Br)c1O. The molecular weight excluding hydrogens is 310 g/mol. The van der Waals surface area contributed by atoms with E-state index >= 15 is 0 Å². The number of hydrogen-bond acceptors (Lipinski definition) is 3. The number of para-hydroxylation sites is 1. The number of carbonyl (C=O) groups is 1. The number of rotatable bonds is 3. The van der Waals surface area contributed by atoms with Crippen molar-refractivity contribution in [2.24, 2.45) is 0 Å². The maximum absolute atomic E-state index is 12.1. The van der Waals surface area contributed by atoms with Crippen LogP contribution in [0, 0.1) is 0 Å². The van der Waals surface area contributed by atoms with Crippen LogP contribution in [0.3, 0.4) is 0 Å². The smallest absolute Gasteiger partial charge is 0.255 e. The zero-order valence-corrected chi connectivity index (χ0v) is 11.8. The maximum Gasteiger partial charge on any atom is 0.255 e. The highest BCUT2D eigenvalue weighted by molar-refractivity contribution is 9.10. The van der Waals surface area contributed by atoms with Crippen molar-refractivity contribution in [3.05, 3.63) is 52.5 Å². The molecule has 2 aromatic rings. The van der Waals surface area contributed by atoms with E-state index in [9.17, 15) is 9.90 Å². The molecule has 0 atom stereocenters. The van der Waals surface area contributed by atoms with Gasteiger partial charge in [0.05, 0.1) is 11.6 Å². The summed E-state index contributed by atoms with van der Waals surface area (Å²) in [5.74, 6) is -0.0588. The number of benzene rings is 2. The molecule has 2 aromatic carbocycles. The molecule has 5 heteroatoms. The fourth-order valence-corrected chi connectivity index (χ4v) is 2.03. The van der Waals surface area contributed by atoms with E-state index in [2.05, 4.69) is 21.2 Å². The normalized spacial score (nSPS) is 10.0. The lowest BCUT2D eigenvalue weighted by molar-refractivity contribution is 0.102. The van der Waals surface area contributed by atoms with Crippen LogP contribution in [0.1, 0.15) is 10.4 Å². The van der Waals surface area contributed by atoms with Crippen LogP contribution >= 0.6 is 15.9 Å². The lowest BCUT2D eigenvalue weighted by Crippen LogP contribution is -2.12. The highest BCUT2D eigenvalue weighted by atomic mass is 79.9. The summed E-state index contributed by atoms with van der Waals surface area (Å²) in [7, 11) is 1.43. The molecule has 0 aromatic heterocycles. The fraction of sp³-hybridized carbons (Fsp3) is 0.0714. The fourth-order valence-electron chi connectivity index (χ4n) is 1.59. The first-order chi connectivity index (χ1) is 9.11. The summed E-state index contributed by atoms with van der Waals surface area (Å²) in [6.45, 7) is 0. The molecular formula is C14H12BrNO3. The molecule has 0 aliphatic rings. The Labute approximate surface area is 119 Å². The second kappa shape index (κ2) is 5.75. The standard InChI is InChI=1S/C14H12BrNO3/c1-19-12-8-9(7-11(15)13(12)17)14(18)16-10-5-3-2-4-6-10/h2-8,17H,1H3,(H,16,18). The van der Waals surface area contributed by atoms with Gasteiger partial charge in [-0.25, -0.2) is 0 Å². The number of halogens is 1. The second-order valence-electron chi connectivity index (χ2n) is 3.83. The van der Waals surface area contributed by atoms with Gasteiger partial charge < -0.3 is 15.2 Å². The molecule has 0 heterocycles. The first-order valence-electron chi connectivity index (χ1n) is 5.54. The van der Waals surface area contributed by atoms with Gasteiger partial charge in [-0.05, 0) is 40.2 Å². The Hall–Kier alpha value is -2.01. The number of phenolic OH excluding ortho intramolecular Hbond substituents is 1. The Morgan fingerprint density at radius 3 is 2.58 bits per heavy atom. The van der Waals surface area contributed by atoms with E-state index in [4.69, 9.17) is 4.74 Å². The van der Waals surface area contributed by atoms with Crippen molar-refractivity contribution in [1.29, 1.82) is 0 Å². The number of amides is 1. The molecule has 0 spiro atoms. The molecule has 98 valence electrons. The first kappa shape index (κ1) is 13.4. The third-order valence-electron chi connectivity index (χ3n) is 2.54. The Bertz CT molecular complexity index is 599. The molecule has 2 N–H and O–H groups in total. The summed E-state index contributed by atoms with van der Waals surface area (Å²) in [5.41, 5.74) is 1.10. The van der Waals surface area contributed by atoms with Gasteiger partial charge in [0.2, 0.25) is 0 Å². The minimum absolute atomic E-state index is 0.0289. The predicted octanol–water partition coefficient (Wildman–Crippen LogP) is 3.42. The molecule has 0 saturated carbocycles. The van der Waals surface area contributed by atoms with Gasteiger partial charge in [0, 0.05) is 11.3 Å². The zero-order chi connectivity index (χ0) is 13.8. The average Bonchev–Trinajstić information content (AvgIpc) is 2.42. The Morgan fingerprint density at radius 2 is 1.95 bits per heavy atom. The Kier molecular flexibility index (Phi) is 4.06. The number of phenols is 1. The summed E-state index contributed by atoms with van der Waals surface area (Å²) in [6.07, 6.45) is 0. The van der Waals surface area contributed by atoms with Crippen molar-refractivity contribution in [3.8, 4) is 11.5 Å². The highest BCUT2D eigenvalue weighted by Crippen LogP contribution is 2.35. The lowest BCUT2D eigenvalue weighted by Gasteiger charge is -2.09. The molecule has 0 aliphatic heterocycles. The van der Waals surface area contributed by atoms with Gasteiger partial charge in [0.25, 0.3) is 5.91 Å². The van der Waals surface area contributed by atoms with Crippen molar-refractivity contribution < 1.29 is 14.6 Å². The van der Waals surface area contributed by atoms with E-state index in [0.29, 0.717) is 15.7 Å². The molecule has 4 nitrogen and oxygen atoms in total. The lowest BCUT2D eigenvalue weighted by atomic mass is 10.2. The molecule has 0 radical (unpaired) electrons. The predicted molar refractivity (Wildman–Crippen MR) is 76.8 cm³/mol. The van der Waals surface area contributed by atoms with Crippen LogP contribution in [0.25, 0.3) is 0 Å². The molecule has 0 bridgehead atoms. The quantitative estimate of drug-likeness (QED) is 0.910. The number of carbonyl (C=O) groups excluding carboxylic acids is 1. The first-order valence-corrected chi connectivity index (χ1v) is 6.34. The van der Waals surface area contributed by atoms with E-state index in [1.165, 1.54) is 19.2 Å². The minimum Gasteiger partial charge on any atom is -0.503 e. The largest absolute Gasteiger partial charge is 0.503 e. The van der Waals surface area contributed by atoms with Crippen molar-refractivity contribution in [2.75, 3.05) is 12.4 Å². The number of anilines is 1. The Balaban J connectivity index is 2.27. The molecule has 19 heavy (non-hydrogen) atoms. The van der Waals surface area contributed by atoms with Crippen molar-refractivity contribution >= 4 is 27.5 Å². The molecule has 0 aliphatic carbocycles. The second-order valence-corrected chi connectivity index (χ2v) is 4.68. The van der Waals surface area contributed by atoms with Crippen LogP contribution in [0.4, 0.5) is 5.69 Å². The van der Waals surface area contributed by atoms with E-state index in [-0.39, 0.29) is 17.4 Å². The van der Waals surface area contributed by atoms with Crippen molar-refractivity contribution in [3.63, 3.8) is 0 Å². The van der Waals surface area contributed by atoms with E-state index < -0.39 is 0 Å². The summed E-state index contributed by atoms with van der Waals surface area (Å²) in [4.78, 5) is 12.1. The third kappa shape index (κ3) is 3.06. The average molecular weight is 322 g/mol. The monoisotopic (exact) mass is 321 g/mol. The zero-order valence-electron chi connectivity index (χ0n) is 10.2. The summed E-state index contributed by atoms with van der Waals surface area (Å²) in [6, 6.07) is 12.2. The third-order valence-corrected chi connectivity index (χ3v) is 3.15. The van der Waals surface area contributed by atoms with Crippen LogP contribution < -0.4 is 10.1 Å². The number of aromatic hydroxyl groups is 1. The van der Waals surface area contributed by atoms with Gasteiger partial charge in [0.1, 0.15) is 0 Å². The van der Waals surface area contributed by atoms with Gasteiger partial charge in [-0.3, -0.25) is 4.79 Å². The van der Waals surface area contributed by atoms with Crippen molar-refractivity contribution in [2.45, 2.75) is 0 Å². The van der Waals surface area contributed by atoms with Gasteiger partial charge >= 0.3 is 0 Å². The van der Waals surface area contributed by atoms with Crippen LogP contribution in [0.15, 0.2) is 46.9 Å². The highest BCUT2D eigenvalue weighted by Gasteiger charge is 2.13. The maximum atomic E-state index is 12.1. The van der Waals surface area contributed by atoms with Gasteiger partial charge in [-0.15, -0.1) is 0 Å².